The first kappa shape index (κ1) is 95.6. The van der Waals surface area contributed by atoms with Crippen LogP contribution in [0.5, 0.6) is 0 Å². The van der Waals surface area contributed by atoms with Gasteiger partial charge in [0.1, 0.15) is 0 Å². The van der Waals surface area contributed by atoms with Crippen LogP contribution < -0.4 is 0 Å². The van der Waals surface area contributed by atoms with Crippen molar-refractivity contribution >= 4 is 109 Å². The Hall–Kier alpha value is -11.4. The van der Waals surface area contributed by atoms with Gasteiger partial charge in [0.2, 0.25) is 0 Å². The molecule has 109 heavy (non-hydrogen) atoms. The van der Waals surface area contributed by atoms with E-state index in [4.69, 9.17) is 0 Å². The molecule has 0 unspecified atom stereocenters. The van der Waals surface area contributed by atoms with E-state index >= 15 is 0 Å². The summed E-state index contributed by atoms with van der Waals surface area (Å²) in [6.45, 7) is 54.4. The lowest BCUT2D eigenvalue weighted by molar-refractivity contribution is 1.02. The smallest absolute Gasteiger partial charge is 0.0932 e. The van der Waals surface area contributed by atoms with Crippen molar-refractivity contribution in [2.24, 2.45) is 0 Å². The molecule has 7 heterocycles. The summed E-state index contributed by atoms with van der Waals surface area (Å²) in [5, 5.41) is 48.1. The maximum atomic E-state index is 4.60. The zero-order valence-corrected chi connectivity index (χ0v) is 70.8. The molecule has 572 valence electrons. The summed E-state index contributed by atoms with van der Waals surface area (Å²) >= 11 is 0. The number of pyridine rings is 3. The average Bonchev–Trinajstić information content (AvgIpc) is 0.788. The Morgan fingerprint density at radius 2 is 0.569 bits per heavy atom. The van der Waals surface area contributed by atoms with E-state index in [0.29, 0.717) is 0 Å². The highest BCUT2D eigenvalue weighted by Gasteiger charge is 2.05. The number of nitrogens with zero attached hydrogens (tertiary/aromatic N) is 11. The lowest BCUT2D eigenvalue weighted by Crippen LogP contribution is -1.86. The van der Waals surface area contributed by atoms with Crippen LogP contribution in [0.15, 0.2) is 268 Å². The fourth-order valence-corrected chi connectivity index (χ4v) is 10.4. The lowest BCUT2D eigenvalue weighted by atomic mass is 10.0. The van der Waals surface area contributed by atoms with Crippen molar-refractivity contribution in [1.29, 1.82) is 0 Å². The fraction of sp³-hybridized carbons (Fsp3) is 0.276. The summed E-state index contributed by atoms with van der Waals surface area (Å²) < 4.78 is 0. The van der Waals surface area contributed by atoms with Crippen molar-refractivity contribution in [3.05, 3.63) is 307 Å². The van der Waals surface area contributed by atoms with E-state index < -0.39 is 0 Å². The van der Waals surface area contributed by atoms with Crippen LogP contribution in [-0.4, -0.2) is 55.7 Å². The van der Waals surface area contributed by atoms with E-state index in [0.717, 1.165) is 71.4 Å². The lowest BCUT2D eigenvalue weighted by Gasteiger charge is -2.05. The minimum atomic E-state index is 0.957. The number of hydrogen-bond donors (Lipinski definition) is 0. The van der Waals surface area contributed by atoms with Crippen molar-refractivity contribution in [2.75, 3.05) is 0 Å². The molecule has 0 bridgehead atoms. The van der Waals surface area contributed by atoms with Gasteiger partial charge in [-0.1, -0.05) is 313 Å². The fourth-order valence-electron chi connectivity index (χ4n) is 10.4. The second-order valence-corrected chi connectivity index (χ2v) is 21.8. The third-order valence-electron chi connectivity index (χ3n) is 15.0. The normalized spacial score (nSPS) is 9.24. The monoisotopic (exact) mass is 1460 g/mol. The zero-order valence-electron chi connectivity index (χ0n) is 70.8. The predicted octanol–water partition coefficient (Wildman–Crippen LogP) is 29.1. The molecule has 0 spiro atoms. The first-order valence-electron chi connectivity index (χ1n) is 39.4. The van der Waals surface area contributed by atoms with E-state index in [1.165, 1.54) is 76.3 Å². The van der Waals surface area contributed by atoms with Crippen molar-refractivity contribution in [3.8, 4) is 0 Å². The van der Waals surface area contributed by atoms with Crippen molar-refractivity contribution in [1.82, 2.24) is 55.7 Å². The highest BCUT2D eigenvalue weighted by atomic mass is 15.1. The van der Waals surface area contributed by atoms with E-state index in [-0.39, 0.29) is 0 Å². The van der Waals surface area contributed by atoms with Crippen LogP contribution in [0, 0.1) is 48.5 Å². The Balaban J connectivity index is 0.000000614. The van der Waals surface area contributed by atoms with Crippen LogP contribution in [0.1, 0.15) is 178 Å². The Bertz CT molecular complexity index is 4970. The topological polar surface area (TPSA) is 142 Å². The molecule has 0 aliphatic carbocycles. The average molecular weight is 1460 g/mol. The van der Waals surface area contributed by atoms with Gasteiger partial charge in [0.25, 0.3) is 0 Å². The van der Waals surface area contributed by atoms with Gasteiger partial charge in [-0.05, 0) is 149 Å². The first-order valence-corrected chi connectivity index (χ1v) is 39.4. The minimum absolute atomic E-state index is 0.957. The summed E-state index contributed by atoms with van der Waals surface area (Å²) in [5.41, 5.74) is 14.4. The van der Waals surface area contributed by atoms with Gasteiger partial charge in [-0.3, -0.25) is 15.0 Å². The molecule has 0 atom stereocenters. The largest absolute Gasteiger partial charge is 0.256 e. The van der Waals surface area contributed by atoms with Crippen LogP contribution >= 0.6 is 0 Å². The maximum absolute atomic E-state index is 4.60. The number of benzene rings is 10. The van der Waals surface area contributed by atoms with E-state index in [9.17, 15) is 0 Å². The molecule has 0 aliphatic heterocycles. The highest BCUT2D eigenvalue weighted by Crippen LogP contribution is 2.28. The summed E-state index contributed by atoms with van der Waals surface area (Å²) in [6, 6.07) is 78.7. The third-order valence-corrected chi connectivity index (χ3v) is 15.0. The van der Waals surface area contributed by atoms with Gasteiger partial charge < -0.3 is 0 Å². The van der Waals surface area contributed by atoms with Gasteiger partial charge in [-0.25, -0.2) is 0 Å². The standard InChI is InChI=1S/3C14H11N.4C9H8N2.10C2H6/c1-10-11-6-2-3-7-12(11)13-8-4-5-9-14(13)15-10;1-10-6-7-14-13(8-10)12-5-3-2-4-11(12)9-15-14;1-10-6-7-13-12-5-3-2-4-11(12)9-15-14(13)8-10;1-7-2-3-8-5-10-11-6-9(8)4-7;1-7-2-3-9-8(6-7)4-5-10-11-9;1-7-2-3-8-4-5-10-11-9(8)6-7;1-7-6-8-4-2-3-5-9(8)11-10-7;10*1-2/h3*2-9H,1H3;4*2-6H,1H3;10*1-2H3. The molecule has 0 fully saturated rings. The molecule has 0 saturated heterocycles. The molecule has 17 aromatic rings. The van der Waals surface area contributed by atoms with Gasteiger partial charge >= 0.3 is 0 Å². The number of aromatic nitrogens is 11. The summed E-state index contributed by atoms with van der Waals surface area (Å²) in [4.78, 5) is 13.5. The molecule has 10 aromatic carbocycles. The van der Waals surface area contributed by atoms with Crippen LogP contribution in [0.25, 0.3) is 109 Å². The summed E-state index contributed by atoms with van der Waals surface area (Å²) in [7, 11) is 0. The highest BCUT2D eigenvalue weighted by molar-refractivity contribution is 6.07. The van der Waals surface area contributed by atoms with E-state index in [1.807, 2.05) is 244 Å². The predicted molar refractivity (Wildman–Crippen MR) is 483 cm³/mol. The zero-order chi connectivity index (χ0) is 81.5. The van der Waals surface area contributed by atoms with Crippen LogP contribution in [-0.2, 0) is 0 Å². The number of para-hydroxylation sites is 1. The van der Waals surface area contributed by atoms with Gasteiger partial charge in [0.05, 0.1) is 63.6 Å². The second kappa shape index (κ2) is 56.8. The molecule has 0 amide bonds. The number of hydrogen-bond acceptors (Lipinski definition) is 11. The van der Waals surface area contributed by atoms with Crippen LogP contribution in [0.2, 0.25) is 0 Å². The third kappa shape index (κ3) is 30.4. The Morgan fingerprint density at radius 3 is 1.16 bits per heavy atom. The van der Waals surface area contributed by atoms with Crippen LogP contribution in [0.3, 0.4) is 0 Å². The molecule has 17 rings (SSSR count). The summed E-state index contributed by atoms with van der Waals surface area (Å²) in [6.07, 6.45) is 10.8. The Morgan fingerprint density at radius 1 is 0.193 bits per heavy atom. The second-order valence-electron chi connectivity index (χ2n) is 21.8. The molecule has 0 saturated carbocycles. The number of rotatable bonds is 0. The molecule has 11 nitrogen and oxygen atoms in total. The minimum Gasteiger partial charge on any atom is -0.256 e. The molecular formula is C98H125N11. The van der Waals surface area contributed by atoms with Gasteiger partial charge in [-0.2, -0.15) is 40.8 Å². The SMILES string of the molecule is CC.CC.CC.CC.CC.CC.CC.CC.CC.CC.Cc1cc2ccccc2nn1.Cc1ccc2c(c1)ncc1ccccc12.Cc1ccc2ccnnc2c1.Cc1ccc2cnncc2c1.Cc1ccc2ncc3ccccc3c2c1.Cc1ccc2nnccc2c1.Cc1nc2ccccc2c2ccccc12. The van der Waals surface area contributed by atoms with Crippen LogP contribution in [0.4, 0.5) is 0 Å². The molecule has 0 N–H and O–H groups in total. The molecule has 11 heteroatoms. The maximum Gasteiger partial charge on any atom is 0.0932 e. The first-order chi connectivity index (χ1) is 53.5. The van der Waals surface area contributed by atoms with E-state index in [2.05, 4.69) is 242 Å². The van der Waals surface area contributed by atoms with Gasteiger partial charge in [0.15, 0.2) is 0 Å². The molecule has 0 aliphatic rings. The number of fused-ring (bicyclic) bond motifs is 13. The Kier molecular flexibility index (Phi) is 49.8. The van der Waals surface area contributed by atoms with Gasteiger partial charge in [-0.15, -0.1) is 0 Å². The van der Waals surface area contributed by atoms with Crippen molar-refractivity contribution in [3.63, 3.8) is 0 Å². The number of aryl methyl sites for hydroxylation is 7. The van der Waals surface area contributed by atoms with Crippen molar-refractivity contribution in [2.45, 2.75) is 187 Å². The molecule has 0 radical (unpaired) electrons. The van der Waals surface area contributed by atoms with E-state index in [1.54, 1.807) is 24.8 Å². The molecular weight excluding hydrogens is 1330 g/mol. The van der Waals surface area contributed by atoms with Gasteiger partial charge in [0, 0.05) is 77.3 Å². The molecule has 7 aromatic heterocycles. The van der Waals surface area contributed by atoms with Crippen molar-refractivity contribution < 1.29 is 0 Å². The summed E-state index contributed by atoms with van der Waals surface area (Å²) in [5.74, 6) is 0. The quantitative estimate of drug-likeness (QED) is 0.134. The Labute approximate surface area is 654 Å².